The maximum absolute atomic E-state index is 6.16. The zero-order valence-electron chi connectivity index (χ0n) is 10.7. The molecule has 100 valence electrons. The van der Waals surface area contributed by atoms with E-state index in [-0.39, 0.29) is 0 Å². The Balaban J connectivity index is 2.07. The molecule has 0 fully saturated rings. The van der Waals surface area contributed by atoms with Crippen LogP contribution in [0.2, 0.25) is 10.0 Å². The highest BCUT2D eigenvalue weighted by atomic mass is 35.5. The summed E-state index contributed by atoms with van der Waals surface area (Å²) < 4.78 is 5.01. The molecule has 3 nitrogen and oxygen atoms in total. The van der Waals surface area contributed by atoms with Crippen LogP contribution in [0.5, 0.6) is 5.88 Å². The lowest BCUT2D eigenvalue weighted by molar-refractivity contribution is 0.397. The lowest BCUT2D eigenvalue weighted by Crippen LogP contribution is -2.01. The minimum Gasteiger partial charge on any atom is -0.481 e. The van der Waals surface area contributed by atoms with Crippen LogP contribution in [-0.2, 0) is 6.54 Å². The highest BCUT2D eigenvalue weighted by molar-refractivity contribution is 6.35. The third-order valence-corrected chi connectivity index (χ3v) is 3.46. The topological polar surface area (TPSA) is 34.1 Å². The highest BCUT2D eigenvalue weighted by Crippen LogP contribution is 2.29. The maximum Gasteiger partial charge on any atom is 0.212 e. The van der Waals surface area contributed by atoms with Crippen LogP contribution >= 0.6 is 23.2 Å². The van der Waals surface area contributed by atoms with Gasteiger partial charge in [0.25, 0.3) is 0 Å². The fourth-order valence-electron chi connectivity index (χ4n) is 1.62. The summed E-state index contributed by atoms with van der Waals surface area (Å²) in [4.78, 5) is 4.14. The Morgan fingerprint density at radius 3 is 2.63 bits per heavy atom. The molecule has 0 atom stereocenters. The zero-order valence-corrected chi connectivity index (χ0v) is 12.2. The smallest absolute Gasteiger partial charge is 0.212 e. The summed E-state index contributed by atoms with van der Waals surface area (Å²) >= 11 is 12.2. The average Bonchev–Trinajstić information content (AvgIpc) is 2.42. The first-order valence-electron chi connectivity index (χ1n) is 5.78. The number of ether oxygens (including phenoxy) is 1. The third kappa shape index (κ3) is 3.52. The first-order chi connectivity index (χ1) is 9.10. The van der Waals surface area contributed by atoms with E-state index < -0.39 is 0 Å². The Morgan fingerprint density at radius 2 is 2.00 bits per heavy atom. The number of nitrogens with one attached hydrogen (secondary N) is 1. The van der Waals surface area contributed by atoms with Gasteiger partial charge in [0.1, 0.15) is 0 Å². The predicted molar refractivity (Wildman–Crippen MR) is 79.3 cm³/mol. The number of nitrogens with zero attached hydrogens (tertiary/aromatic N) is 1. The number of rotatable bonds is 4. The van der Waals surface area contributed by atoms with Gasteiger partial charge in [-0.25, -0.2) is 4.98 Å². The molecule has 1 aromatic heterocycles. The first kappa shape index (κ1) is 14.0. The second-order valence-electron chi connectivity index (χ2n) is 4.14. The molecule has 5 heteroatoms. The van der Waals surface area contributed by atoms with Crippen molar-refractivity contribution in [3.05, 3.63) is 51.6 Å². The number of aryl methyl sites for hydroxylation is 1. The Hall–Kier alpha value is -1.45. The zero-order chi connectivity index (χ0) is 13.8. The highest BCUT2D eigenvalue weighted by Gasteiger charge is 2.04. The molecule has 0 amide bonds. The first-order valence-corrected chi connectivity index (χ1v) is 6.54. The molecule has 1 aromatic carbocycles. The standard InChI is InChI=1S/C14H14Cl2N2O/c1-9-5-12(16)13(6-11(9)15)17-7-10-3-4-14(19-2)18-8-10/h3-6,8,17H,7H2,1-2H3. The summed E-state index contributed by atoms with van der Waals surface area (Å²) in [6, 6.07) is 7.44. The van der Waals surface area contributed by atoms with E-state index in [1.54, 1.807) is 13.3 Å². The van der Waals surface area contributed by atoms with Crippen molar-refractivity contribution < 1.29 is 4.74 Å². The number of anilines is 1. The van der Waals surface area contributed by atoms with E-state index in [1.807, 2.05) is 31.2 Å². The van der Waals surface area contributed by atoms with Crippen molar-refractivity contribution in [1.82, 2.24) is 4.98 Å². The number of halogens is 2. The van der Waals surface area contributed by atoms with Crippen LogP contribution < -0.4 is 10.1 Å². The van der Waals surface area contributed by atoms with Gasteiger partial charge < -0.3 is 10.1 Å². The van der Waals surface area contributed by atoms with Crippen molar-refractivity contribution >= 4 is 28.9 Å². The predicted octanol–water partition coefficient (Wildman–Crippen LogP) is 4.32. The average molecular weight is 297 g/mol. The van der Waals surface area contributed by atoms with Crippen molar-refractivity contribution in [2.24, 2.45) is 0 Å². The number of aromatic nitrogens is 1. The minimum atomic E-state index is 0.597. The van der Waals surface area contributed by atoms with Crippen molar-refractivity contribution in [3.63, 3.8) is 0 Å². The minimum absolute atomic E-state index is 0.597. The molecule has 0 saturated carbocycles. The van der Waals surface area contributed by atoms with Crippen molar-refractivity contribution in [3.8, 4) is 5.88 Å². The van der Waals surface area contributed by atoms with Gasteiger partial charge in [0.05, 0.1) is 17.8 Å². The largest absolute Gasteiger partial charge is 0.481 e. The van der Waals surface area contributed by atoms with E-state index in [1.165, 1.54) is 0 Å². The number of pyridine rings is 1. The summed E-state index contributed by atoms with van der Waals surface area (Å²) in [6.45, 7) is 2.54. The van der Waals surface area contributed by atoms with Gasteiger partial charge in [-0.2, -0.15) is 0 Å². The SMILES string of the molecule is COc1ccc(CNc2cc(Cl)c(C)cc2Cl)cn1. The second-order valence-corrected chi connectivity index (χ2v) is 4.96. The van der Waals surface area contributed by atoms with E-state index in [0.29, 0.717) is 22.5 Å². The van der Waals surface area contributed by atoms with E-state index in [0.717, 1.165) is 16.8 Å². The van der Waals surface area contributed by atoms with Gasteiger partial charge >= 0.3 is 0 Å². The molecule has 1 heterocycles. The Labute approximate surface area is 122 Å². The van der Waals surface area contributed by atoms with Gasteiger partial charge in [-0.3, -0.25) is 0 Å². The van der Waals surface area contributed by atoms with Gasteiger partial charge in [0.2, 0.25) is 5.88 Å². The van der Waals surface area contributed by atoms with Crippen LogP contribution in [0, 0.1) is 6.92 Å². The summed E-state index contributed by atoms with van der Waals surface area (Å²) in [5.41, 5.74) is 2.81. The lowest BCUT2D eigenvalue weighted by atomic mass is 10.2. The maximum atomic E-state index is 6.16. The normalized spacial score (nSPS) is 10.3. The molecule has 19 heavy (non-hydrogen) atoms. The van der Waals surface area contributed by atoms with Crippen LogP contribution in [-0.4, -0.2) is 12.1 Å². The molecular weight excluding hydrogens is 283 g/mol. The van der Waals surface area contributed by atoms with Gasteiger partial charge in [0, 0.05) is 23.8 Å². The van der Waals surface area contributed by atoms with Crippen LogP contribution in [0.1, 0.15) is 11.1 Å². The molecule has 0 aliphatic carbocycles. The molecule has 0 aliphatic heterocycles. The van der Waals surface area contributed by atoms with Crippen LogP contribution in [0.3, 0.4) is 0 Å². The summed E-state index contributed by atoms with van der Waals surface area (Å²) in [6.07, 6.45) is 1.76. The van der Waals surface area contributed by atoms with Gasteiger partial charge in [-0.15, -0.1) is 0 Å². The molecule has 2 aromatic rings. The fourth-order valence-corrected chi connectivity index (χ4v) is 2.06. The molecule has 0 radical (unpaired) electrons. The van der Waals surface area contributed by atoms with E-state index in [2.05, 4.69) is 10.3 Å². The molecule has 2 rings (SSSR count). The molecule has 0 bridgehead atoms. The van der Waals surface area contributed by atoms with Gasteiger partial charge in [0.15, 0.2) is 0 Å². The Bertz CT molecular complexity index is 570. The van der Waals surface area contributed by atoms with Gasteiger partial charge in [-0.1, -0.05) is 29.3 Å². The molecule has 0 aliphatic rings. The third-order valence-electron chi connectivity index (χ3n) is 2.74. The number of hydrogen-bond acceptors (Lipinski definition) is 3. The number of benzene rings is 1. The van der Waals surface area contributed by atoms with E-state index >= 15 is 0 Å². The molecular formula is C14H14Cl2N2O. The number of methoxy groups -OCH3 is 1. The van der Waals surface area contributed by atoms with E-state index in [9.17, 15) is 0 Å². The molecule has 0 spiro atoms. The molecule has 1 N–H and O–H groups in total. The summed E-state index contributed by atoms with van der Waals surface area (Å²) in [5, 5.41) is 4.59. The van der Waals surface area contributed by atoms with Crippen molar-refractivity contribution in [2.75, 3.05) is 12.4 Å². The monoisotopic (exact) mass is 296 g/mol. The summed E-state index contributed by atoms with van der Waals surface area (Å²) in [5.74, 6) is 0.597. The quantitative estimate of drug-likeness (QED) is 0.912. The summed E-state index contributed by atoms with van der Waals surface area (Å²) in [7, 11) is 1.59. The van der Waals surface area contributed by atoms with E-state index in [4.69, 9.17) is 27.9 Å². The Kier molecular flexibility index (Phi) is 4.51. The number of hydrogen-bond donors (Lipinski definition) is 1. The molecule has 0 saturated heterocycles. The fraction of sp³-hybridized carbons (Fsp3) is 0.214. The van der Waals surface area contributed by atoms with Gasteiger partial charge in [-0.05, 0) is 30.2 Å². The van der Waals surface area contributed by atoms with Crippen LogP contribution in [0.4, 0.5) is 5.69 Å². The molecule has 0 unspecified atom stereocenters. The second kappa shape index (κ2) is 6.13. The Morgan fingerprint density at radius 1 is 1.21 bits per heavy atom. The van der Waals surface area contributed by atoms with Crippen LogP contribution in [0.15, 0.2) is 30.5 Å². The van der Waals surface area contributed by atoms with Crippen LogP contribution in [0.25, 0.3) is 0 Å². The lowest BCUT2D eigenvalue weighted by Gasteiger charge is -2.10. The van der Waals surface area contributed by atoms with Crippen molar-refractivity contribution in [1.29, 1.82) is 0 Å². The van der Waals surface area contributed by atoms with Crippen molar-refractivity contribution in [2.45, 2.75) is 13.5 Å².